The summed E-state index contributed by atoms with van der Waals surface area (Å²) in [5, 5.41) is 2.63. The number of nitrogens with zero attached hydrogens (tertiary/aromatic N) is 1. The normalized spacial score (nSPS) is 16.0. The van der Waals surface area contributed by atoms with Gasteiger partial charge in [0.25, 0.3) is 0 Å². The molecule has 29 heavy (non-hydrogen) atoms. The maximum absolute atomic E-state index is 13.2. The van der Waals surface area contributed by atoms with Gasteiger partial charge in [0.2, 0.25) is 5.91 Å². The van der Waals surface area contributed by atoms with Gasteiger partial charge in [0.05, 0.1) is 5.56 Å². The number of amides is 1. The van der Waals surface area contributed by atoms with Crippen molar-refractivity contribution in [2.75, 3.05) is 13.1 Å². The van der Waals surface area contributed by atoms with Gasteiger partial charge in [0.1, 0.15) is 5.82 Å². The monoisotopic (exact) mass is 428 g/mol. The molecule has 8 heteroatoms. The van der Waals surface area contributed by atoms with E-state index in [9.17, 15) is 22.4 Å². The average Bonchev–Trinajstić information content (AvgIpc) is 2.68. The SMILES string of the molecule is O=C(NCc1ccc(Cl)cc1C(F)(F)F)C1CCN(Cc2ccc(F)cc2)CC1. The van der Waals surface area contributed by atoms with E-state index in [4.69, 9.17) is 11.6 Å². The van der Waals surface area contributed by atoms with Gasteiger partial charge >= 0.3 is 6.18 Å². The summed E-state index contributed by atoms with van der Waals surface area (Å²) in [6, 6.07) is 9.85. The molecule has 2 aromatic rings. The Kier molecular flexibility index (Phi) is 6.80. The lowest BCUT2D eigenvalue weighted by atomic mass is 9.95. The van der Waals surface area contributed by atoms with Crippen LogP contribution in [-0.4, -0.2) is 23.9 Å². The maximum atomic E-state index is 13.2. The molecule has 0 spiro atoms. The molecular formula is C21H21ClF4N2O. The number of piperidine rings is 1. The Morgan fingerprint density at radius 1 is 1.10 bits per heavy atom. The minimum absolute atomic E-state index is 0.000859. The quantitative estimate of drug-likeness (QED) is 0.678. The van der Waals surface area contributed by atoms with E-state index in [1.54, 1.807) is 12.1 Å². The molecule has 1 amide bonds. The second-order valence-corrected chi connectivity index (χ2v) is 7.63. The lowest BCUT2D eigenvalue weighted by molar-refractivity contribution is -0.138. The van der Waals surface area contributed by atoms with Gasteiger partial charge in [-0.1, -0.05) is 29.8 Å². The van der Waals surface area contributed by atoms with Crippen LogP contribution >= 0.6 is 11.6 Å². The number of halogens is 5. The van der Waals surface area contributed by atoms with E-state index >= 15 is 0 Å². The summed E-state index contributed by atoms with van der Waals surface area (Å²) >= 11 is 5.68. The van der Waals surface area contributed by atoms with E-state index in [2.05, 4.69) is 10.2 Å². The first kappa shape index (κ1) is 21.6. The molecule has 0 bridgehead atoms. The summed E-state index contributed by atoms with van der Waals surface area (Å²) in [5.74, 6) is -0.755. The third-order valence-electron chi connectivity index (χ3n) is 5.11. The summed E-state index contributed by atoms with van der Waals surface area (Å²) in [4.78, 5) is 14.6. The molecular weight excluding hydrogens is 408 g/mol. The predicted octanol–water partition coefficient (Wildman–Crippen LogP) is 5.03. The maximum Gasteiger partial charge on any atom is 0.416 e. The molecule has 3 nitrogen and oxygen atoms in total. The molecule has 3 rings (SSSR count). The topological polar surface area (TPSA) is 32.3 Å². The van der Waals surface area contributed by atoms with Crippen molar-refractivity contribution < 1.29 is 22.4 Å². The van der Waals surface area contributed by atoms with E-state index in [1.165, 1.54) is 24.3 Å². The minimum atomic E-state index is -4.53. The molecule has 1 fully saturated rings. The summed E-state index contributed by atoms with van der Waals surface area (Å²) in [5.41, 5.74) is 0.153. The Morgan fingerprint density at radius 3 is 2.38 bits per heavy atom. The fourth-order valence-corrected chi connectivity index (χ4v) is 3.67. The van der Waals surface area contributed by atoms with Gasteiger partial charge in [-0.15, -0.1) is 0 Å². The van der Waals surface area contributed by atoms with Crippen molar-refractivity contribution in [2.45, 2.75) is 32.1 Å². The van der Waals surface area contributed by atoms with Crippen LogP contribution in [0.5, 0.6) is 0 Å². The van der Waals surface area contributed by atoms with E-state index in [0.717, 1.165) is 11.6 Å². The van der Waals surface area contributed by atoms with Crippen molar-refractivity contribution in [3.8, 4) is 0 Å². The highest BCUT2D eigenvalue weighted by molar-refractivity contribution is 6.30. The molecule has 0 unspecified atom stereocenters. The van der Waals surface area contributed by atoms with Gasteiger partial charge in [-0.05, 0) is 61.3 Å². The molecule has 1 aliphatic rings. The first-order valence-electron chi connectivity index (χ1n) is 9.32. The molecule has 1 heterocycles. The fourth-order valence-electron chi connectivity index (χ4n) is 3.49. The van der Waals surface area contributed by atoms with Gasteiger partial charge in [-0.2, -0.15) is 13.2 Å². The second kappa shape index (κ2) is 9.13. The minimum Gasteiger partial charge on any atom is -0.352 e. The summed E-state index contributed by atoms with van der Waals surface area (Å²) < 4.78 is 52.4. The number of nitrogens with one attached hydrogen (secondary N) is 1. The molecule has 0 aliphatic carbocycles. The van der Waals surface area contributed by atoms with Gasteiger partial charge < -0.3 is 5.32 Å². The first-order chi connectivity index (χ1) is 13.7. The van der Waals surface area contributed by atoms with E-state index in [-0.39, 0.29) is 34.8 Å². The molecule has 0 radical (unpaired) electrons. The third-order valence-corrected chi connectivity index (χ3v) is 5.34. The van der Waals surface area contributed by atoms with Gasteiger partial charge in [0.15, 0.2) is 0 Å². The predicted molar refractivity (Wildman–Crippen MR) is 103 cm³/mol. The van der Waals surface area contributed by atoms with Gasteiger partial charge in [-0.3, -0.25) is 9.69 Å². The van der Waals surface area contributed by atoms with Crippen molar-refractivity contribution in [1.82, 2.24) is 10.2 Å². The van der Waals surface area contributed by atoms with Crippen LogP contribution in [0.15, 0.2) is 42.5 Å². The first-order valence-corrected chi connectivity index (χ1v) is 9.70. The van der Waals surface area contributed by atoms with E-state index in [0.29, 0.717) is 32.5 Å². The van der Waals surface area contributed by atoms with Crippen LogP contribution in [0.3, 0.4) is 0 Å². The van der Waals surface area contributed by atoms with Crippen molar-refractivity contribution >= 4 is 17.5 Å². The molecule has 0 aromatic heterocycles. The lowest BCUT2D eigenvalue weighted by Gasteiger charge is -2.31. The van der Waals surface area contributed by atoms with Crippen LogP contribution in [0.25, 0.3) is 0 Å². The number of alkyl halides is 3. The Labute approximate surface area is 171 Å². The number of hydrogen-bond acceptors (Lipinski definition) is 2. The van der Waals surface area contributed by atoms with Crippen molar-refractivity contribution in [3.05, 3.63) is 70.0 Å². The van der Waals surface area contributed by atoms with E-state index < -0.39 is 11.7 Å². The Balaban J connectivity index is 1.51. The Morgan fingerprint density at radius 2 is 1.76 bits per heavy atom. The van der Waals surface area contributed by atoms with Crippen molar-refractivity contribution in [1.29, 1.82) is 0 Å². The highest BCUT2D eigenvalue weighted by Gasteiger charge is 2.34. The van der Waals surface area contributed by atoms with Crippen LogP contribution in [0.1, 0.15) is 29.5 Å². The van der Waals surface area contributed by atoms with E-state index in [1.807, 2.05) is 0 Å². The summed E-state index contributed by atoms with van der Waals surface area (Å²) in [7, 11) is 0. The van der Waals surface area contributed by atoms with Crippen LogP contribution in [0.2, 0.25) is 5.02 Å². The smallest absolute Gasteiger partial charge is 0.352 e. The third kappa shape index (κ3) is 5.93. The number of rotatable bonds is 5. The highest BCUT2D eigenvalue weighted by atomic mass is 35.5. The van der Waals surface area contributed by atoms with Gasteiger partial charge in [-0.25, -0.2) is 4.39 Å². The number of hydrogen-bond donors (Lipinski definition) is 1. The molecule has 1 saturated heterocycles. The number of carbonyl (C=O) groups is 1. The van der Waals surface area contributed by atoms with Crippen molar-refractivity contribution in [2.24, 2.45) is 5.92 Å². The number of benzene rings is 2. The zero-order valence-electron chi connectivity index (χ0n) is 15.6. The fraction of sp³-hybridized carbons (Fsp3) is 0.381. The molecule has 156 valence electrons. The Bertz CT molecular complexity index is 847. The van der Waals surface area contributed by atoms with Crippen LogP contribution in [0, 0.1) is 11.7 Å². The highest BCUT2D eigenvalue weighted by Crippen LogP contribution is 2.33. The molecule has 0 atom stereocenters. The number of carbonyl (C=O) groups excluding carboxylic acids is 1. The van der Waals surface area contributed by atoms with Crippen LogP contribution < -0.4 is 5.32 Å². The Hall–Kier alpha value is -2.12. The largest absolute Gasteiger partial charge is 0.416 e. The second-order valence-electron chi connectivity index (χ2n) is 7.19. The van der Waals surface area contributed by atoms with Gasteiger partial charge in [0, 0.05) is 24.0 Å². The average molecular weight is 429 g/mol. The summed E-state index contributed by atoms with van der Waals surface area (Å²) in [6.45, 7) is 1.88. The standard InChI is InChI=1S/C21H21ClF4N2O/c22-17-4-3-16(19(11-17)21(24,25)26)12-27-20(29)15-7-9-28(10-8-15)13-14-1-5-18(23)6-2-14/h1-6,11,15H,7-10,12-13H2,(H,27,29). The zero-order valence-corrected chi connectivity index (χ0v) is 16.4. The number of likely N-dealkylation sites (tertiary alicyclic amines) is 1. The molecule has 2 aromatic carbocycles. The van der Waals surface area contributed by atoms with Crippen LogP contribution in [0.4, 0.5) is 17.6 Å². The molecule has 1 N–H and O–H groups in total. The molecule has 0 saturated carbocycles. The van der Waals surface area contributed by atoms with Crippen molar-refractivity contribution in [3.63, 3.8) is 0 Å². The zero-order chi connectivity index (χ0) is 21.0. The molecule has 1 aliphatic heterocycles. The lowest BCUT2D eigenvalue weighted by Crippen LogP contribution is -2.40. The summed E-state index contributed by atoms with van der Waals surface area (Å²) in [6.07, 6.45) is -3.28. The van der Waals surface area contributed by atoms with Crippen LogP contribution in [-0.2, 0) is 24.1 Å².